The Balaban J connectivity index is 1.97. The van der Waals surface area contributed by atoms with Gasteiger partial charge in [-0.1, -0.05) is 11.6 Å². The van der Waals surface area contributed by atoms with Gasteiger partial charge < -0.3 is 11.1 Å². The van der Waals surface area contributed by atoms with Crippen LogP contribution in [0, 0.1) is 6.92 Å². The maximum atomic E-state index is 11.1. The van der Waals surface area contributed by atoms with E-state index in [4.69, 9.17) is 5.73 Å². The SMILES string of the molecule is Cc1ccc2ncnc(Nc3ccc(C(N)=O)cc3)c2c1. The van der Waals surface area contributed by atoms with E-state index >= 15 is 0 Å². The lowest BCUT2D eigenvalue weighted by atomic mass is 10.1. The van der Waals surface area contributed by atoms with Crippen LogP contribution >= 0.6 is 0 Å². The Bertz CT molecular complexity index is 812. The average molecular weight is 278 g/mol. The zero-order chi connectivity index (χ0) is 14.8. The fourth-order valence-electron chi connectivity index (χ4n) is 2.12. The number of aromatic nitrogens is 2. The minimum Gasteiger partial charge on any atom is -0.366 e. The first-order chi connectivity index (χ1) is 10.1. The number of amides is 1. The van der Waals surface area contributed by atoms with E-state index in [1.807, 2.05) is 25.1 Å². The maximum absolute atomic E-state index is 11.1. The van der Waals surface area contributed by atoms with Gasteiger partial charge in [0, 0.05) is 16.6 Å². The lowest BCUT2D eigenvalue weighted by molar-refractivity contribution is 0.100. The summed E-state index contributed by atoms with van der Waals surface area (Å²) in [4.78, 5) is 19.6. The zero-order valence-corrected chi connectivity index (χ0v) is 11.5. The number of fused-ring (bicyclic) bond motifs is 1. The standard InChI is InChI=1S/C16H14N4O/c1-10-2-7-14-13(8-10)16(19-9-18-14)20-12-5-3-11(4-6-12)15(17)21/h2-9H,1H3,(H2,17,21)(H,18,19,20). The Morgan fingerprint density at radius 1 is 1.10 bits per heavy atom. The highest BCUT2D eigenvalue weighted by molar-refractivity contribution is 5.94. The molecule has 0 aliphatic carbocycles. The van der Waals surface area contributed by atoms with Crippen LogP contribution in [0.1, 0.15) is 15.9 Å². The minimum absolute atomic E-state index is 0.440. The fraction of sp³-hybridized carbons (Fsp3) is 0.0625. The topological polar surface area (TPSA) is 80.9 Å². The first-order valence-electron chi connectivity index (χ1n) is 6.52. The molecule has 0 unspecified atom stereocenters. The first kappa shape index (κ1) is 13.1. The van der Waals surface area contributed by atoms with Gasteiger partial charge in [-0.05, 0) is 43.3 Å². The summed E-state index contributed by atoms with van der Waals surface area (Å²) in [6.45, 7) is 2.03. The summed E-state index contributed by atoms with van der Waals surface area (Å²) in [5.41, 5.74) is 8.56. The molecule has 3 aromatic rings. The summed E-state index contributed by atoms with van der Waals surface area (Å²) in [5, 5.41) is 4.19. The summed E-state index contributed by atoms with van der Waals surface area (Å²) in [7, 11) is 0. The third kappa shape index (κ3) is 2.67. The van der Waals surface area contributed by atoms with Crippen molar-refractivity contribution in [2.24, 2.45) is 5.73 Å². The Morgan fingerprint density at radius 3 is 2.57 bits per heavy atom. The van der Waals surface area contributed by atoms with Crippen LogP contribution in [-0.2, 0) is 0 Å². The number of nitrogens with two attached hydrogens (primary N) is 1. The van der Waals surface area contributed by atoms with Gasteiger partial charge in [0.05, 0.1) is 5.52 Å². The predicted molar refractivity (Wildman–Crippen MR) is 82.5 cm³/mol. The smallest absolute Gasteiger partial charge is 0.248 e. The monoisotopic (exact) mass is 278 g/mol. The number of rotatable bonds is 3. The van der Waals surface area contributed by atoms with Gasteiger partial charge >= 0.3 is 0 Å². The van der Waals surface area contributed by atoms with Crippen molar-refractivity contribution in [2.75, 3.05) is 5.32 Å². The summed E-state index contributed by atoms with van der Waals surface area (Å²) in [5.74, 6) is 0.292. The number of hydrogen-bond acceptors (Lipinski definition) is 4. The highest BCUT2D eigenvalue weighted by Gasteiger charge is 2.05. The van der Waals surface area contributed by atoms with Crippen LogP contribution in [0.2, 0.25) is 0 Å². The van der Waals surface area contributed by atoms with E-state index in [-0.39, 0.29) is 0 Å². The number of primary amides is 1. The Labute approximate surface area is 121 Å². The van der Waals surface area contributed by atoms with Crippen molar-refractivity contribution in [1.29, 1.82) is 0 Å². The molecule has 0 atom stereocenters. The summed E-state index contributed by atoms with van der Waals surface area (Å²) in [6.07, 6.45) is 1.53. The van der Waals surface area contributed by atoms with Gasteiger partial charge in [-0.15, -0.1) is 0 Å². The fourth-order valence-corrected chi connectivity index (χ4v) is 2.12. The number of carbonyl (C=O) groups is 1. The van der Waals surface area contributed by atoms with Crippen LogP contribution in [0.15, 0.2) is 48.8 Å². The number of carbonyl (C=O) groups excluding carboxylic acids is 1. The van der Waals surface area contributed by atoms with Gasteiger partial charge in [-0.2, -0.15) is 0 Å². The third-order valence-electron chi connectivity index (χ3n) is 3.22. The van der Waals surface area contributed by atoms with Crippen molar-refractivity contribution in [1.82, 2.24) is 9.97 Å². The molecule has 0 saturated heterocycles. The number of benzene rings is 2. The molecule has 5 nitrogen and oxygen atoms in total. The van der Waals surface area contributed by atoms with Crippen molar-refractivity contribution >= 4 is 28.3 Å². The van der Waals surface area contributed by atoms with Gasteiger partial charge in [0.2, 0.25) is 5.91 Å². The Morgan fingerprint density at radius 2 is 1.86 bits per heavy atom. The highest BCUT2D eigenvalue weighted by atomic mass is 16.1. The molecule has 1 aromatic heterocycles. The molecule has 0 fully saturated rings. The van der Waals surface area contributed by atoms with Gasteiger partial charge in [0.1, 0.15) is 12.1 Å². The molecule has 104 valence electrons. The molecule has 21 heavy (non-hydrogen) atoms. The van der Waals surface area contributed by atoms with E-state index in [1.165, 1.54) is 6.33 Å². The highest BCUT2D eigenvalue weighted by Crippen LogP contribution is 2.23. The van der Waals surface area contributed by atoms with Crippen LogP contribution in [0.5, 0.6) is 0 Å². The van der Waals surface area contributed by atoms with E-state index in [2.05, 4.69) is 15.3 Å². The molecule has 1 heterocycles. The minimum atomic E-state index is -0.440. The molecule has 3 rings (SSSR count). The third-order valence-corrected chi connectivity index (χ3v) is 3.22. The Kier molecular flexibility index (Phi) is 3.23. The largest absolute Gasteiger partial charge is 0.366 e. The summed E-state index contributed by atoms with van der Waals surface area (Å²) < 4.78 is 0. The molecule has 5 heteroatoms. The lowest BCUT2D eigenvalue weighted by Crippen LogP contribution is -2.10. The lowest BCUT2D eigenvalue weighted by Gasteiger charge is -2.09. The van der Waals surface area contributed by atoms with Crippen molar-refractivity contribution in [3.8, 4) is 0 Å². The quantitative estimate of drug-likeness (QED) is 0.772. The van der Waals surface area contributed by atoms with Crippen LogP contribution < -0.4 is 11.1 Å². The second kappa shape index (κ2) is 5.20. The molecule has 1 amide bonds. The molecular weight excluding hydrogens is 264 g/mol. The Hall–Kier alpha value is -2.95. The van der Waals surface area contributed by atoms with E-state index < -0.39 is 5.91 Å². The van der Waals surface area contributed by atoms with E-state index in [0.29, 0.717) is 5.56 Å². The normalized spacial score (nSPS) is 10.5. The first-order valence-corrected chi connectivity index (χ1v) is 6.52. The van der Waals surface area contributed by atoms with Gasteiger partial charge in [-0.3, -0.25) is 4.79 Å². The molecule has 0 radical (unpaired) electrons. The number of hydrogen-bond donors (Lipinski definition) is 2. The molecule has 3 N–H and O–H groups in total. The average Bonchev–Trinajstić information content (AvgIpc) is 2.48. The molecule has 0 aliphatic heterocycles. The number of nitrogens with one attached hydrogen (secondary N) is 1. The van der Waals surface area contributed by atoms with Gasteiger partial charge in [0.25, 0.3) is 0 Å². The van der Waals surface area contributed by atoms with Crippen LogP contribution in [0.3, 0.4) is 0 Å². The van der Waals surface area contributed by atoms with Gasteiger partial charge in [0.15, 0.2) is 0 Å². The molecule has 2 aromatic carbocycles. The maximum Gasteiger partial charge on any atom is 0.248 e. The number of anilines is 2. The predicted octanol–water partition coefficient (Wildman–Crippen LogP) is 2.78. The molecule has 0 saturated carbocycles. The number of nitrogens with zero attached hydrogens (tertiary/aromatic N) is 2. The van der Waals surface area contributed by atoms with E-state index in [0.717, 1.165) is 28.0 Å². The van der Waals surface area contributed by atoms with Crippen molar-refractivity contribution in [2.45, 2.75) is 6.92 Å². The zero-order valence-electron chi connectivity index (χ0n) is 11.5. The second-order valence-electron chi connectivity index (χ2n) is 4.81. The number of aryl methyl sites for hydroxylation is 1. The molecular formula is C16H14N4O. The second-order valence-corrected chi connectivity index (χ2v) is 4.81. The van der Waals surface area contributed by atoms with E-state index in [1.54, 1.807) is 24.3 Å². The van der Waals surface area contributed by atoms with Gasteiger partial charge in [-0.25, -0.2) is 9.97 Å². The van der Waals surface area contributed by atoms with Crippen LogP contribution in [-0.4, -0.2) is 15.9 Å². The van der Waals surface area contributed by atoms with Crippen molar-refractivity contribution in [3.63, 3.8) is 0 Å². The summed E-state index contributed by atoms with van der Waals surface area (Å²) in [6, 6.07) is 13.0. The summed E-state index contributed by atoms with van der Waals surface area (Å²) >= 11 is 0. The van der Waals surface area contributed by atoms with Crippen molar-refractivity contribution < 1.29 is 4.79 Å². The molecule has 0 aliphatic rings. The van der Waals surface area contributed by atoms with E-state index in [9.17, 15) is 4.79 Å². The van der Waals surface area contributed by atoms with Crippen LogP contribution in [0.4, 0.5) is 11.5 Å². The molecule has 0 spiro atoms. The van der Waals surface area contributed by atoms with Crippen molar-refractivity contribution in [3.05, 3.63) is 59.9 Å². The molecule has 0 bridgehead atoms. The van der Waals surface area contributed by atoms with Crippen LogP contribution in [0.25, 0.3) is 10.9 Å².